The molecule has 2 aromatic heterocycles. The van der Waals surface area contributed by atoms with Crippen molar-refractivity contribution in [2.45, 2.75) is 26.5 Å². The Kier molecular flexibility index (Phi) is 6.20. The molecule has 0 radical (unpaired) electrons. The summed E-state index contributed by atoms with van der Waals surface area (Å²) in [5.74, 6) is 0.429. The van der Waals surface area contributed by atoms with E-state index in [-0.39, 0.29) is 24.1 Å². The highest BCUT2D eigenvalue weighted by Crippen LogP contribution is 2.31. The summed E-state index contributed by atoms with van der Waals surface area (Å²) in [6, 6.07) is 14.9. The number of anilines is 1. The molecule has 4 aromatic rings. The number of carbonyl (C=O) groups is 1. The molecule has 0 unspecified atom stereocenters. The van der Waals surface area contributed by atoms with Crippen LogP contribution >= 0.6 is 27.3 Å². The number of hydrogen-bond acceptors (Lipinski definition) is 5. The fourth-order valence-electron chi connectivity index (χ4n) is 3.17. The summed E-state index contributed by atoms with van der Waals surface area (Å²) in [5, 5.41) is 5.26. The first kappa shape index (κ1) is 21.3. The molecule has 4 rings (SSSR count). The van der Waals surface area contributed by atoms with Gasteiger partial charge in [0.15, 0.2) is 0 Å². The molecule has 1 N–H and O–H groups in total. The highest BCUT2D eigenvalue weighted by molar-refractivity contribution is 9.10. The smallest absolute Gasteiger partial charge is 0.263 e. The summed E-state index contributed by atoms with van der Waals surface area (Å²) in [6.45, 7) is 3.78. The molecule has 0 bridgehead atoms. The number of rotatable bonds is 6. The number of hydrogen-bond donors (Lipinski definition) is 1. The Morgan fingerprint density at radius 3 is 2.55 bits per heavy atom. The predicted molar refractivity (Wildman–Crippen MR) is 128 cm³/mol. The number of ether oxygens (including phenoxy) is 1. The zero-order valence-corrected chi connectivity index (χ0v) is 19.4. The van der Waals surface area contributed by atoms with Gasteiger partial charge in [0.05, 0.1) is 17.8 Å². The third kappa shape index (κ3) is 4.86. The predicted octanol–water partition coefficient (Wildman–Crippen LogP) is 5.31. The van der Waals surface area contributed by atoms with Crippen molar-refractivity contribution >= 4 is 49.1 Å². The standard InChI is InChI=1S/C23H20BrN3O3S/c1-14(2)30-18-9-7-17(8-10-18)26-20(28)11-27-13-25-22-21(23(27)29)19(12-31-22)15-3-5-16(24)6-4-15/h3-10,12-14H,11H2,1-2H3,(H,26,28). The van der Waals surface area contributed by atoms with E-state index in [2.05, 4.69) is 26.2 Å². The average molecular weight is 498 g/mol. The molecule has 8 heteroatoms. The highest BCUT2D eigenvalue weighted by Gasteiger charge is 2.15. The fourth-order valence-corrected chi connectivity index (χ4v) is 4.34. The van der Waals surface area contributed by atoms with Crippen molar-refractivity contribution in [2.75, 3.05) is 5.32 Å². The summed E-state index contributed by atoms with van der Waals surface area (Å²) in [6.07, 6.45) is 1.50. The molecule has 31 heavy (non-hydrogen) atoms. The van der Waals surface area contributed by atoms with Crippen molar-refractivity contribution in [3.8, 4) is 16.9 Å². The fraction of sp³-hybridized carbons (Fsp3) is 0.174. The van der Waals surface area contributed by atoms with Crippen molar-refractivity contribution in [1.29, 1.82) is 0 Å². The van der Waals surface area contributed by atoms with Gasteiger partial charge in [0.25, 0.3) is 5.56 Å². The van der Waals surface area contributed by atoms with E-state index < -0.39 is 0 Å². The normalized spacial score (nSPS) is 11.1. The Hall–Kier alpha value is -2.97. The van der Waals surface area contributed by atoms with Crippen LogP contribution in [0, 0.1) is 0 Å². The molecule has 0 aliphatic heterocycles. The maximum Gasteiger partial charge on any atom is 0.263 e. The number of benzene rings is 2. The Bertz CT molecular complexity index is 1280. The van der Waals surface area contributed by atoms with Crippen molar-refractivity contribution in [1.82, 2.24) is 9.55 Å². The number of aromatic nitrogens is 2. The lowest BCUT2D eigenvalue weighted by Gasteiger charge is -2.11. The third-order valence-corrected chi connectivity index (χ3v) is 5.95. The van der Waals surface area contributed by atoms with Gasteiger partial charge in [-0.3, -0.25) is 14.2 Å². The number of halogens is 1. The van der Waals surface area contributed by atoms with Gasteiger partial charge < -0.3 is 10.1 Å². The quantitative estimate of drug-likeness (QED) is 0.391. The van der Waals surface area contributed by atoms with Crippen LogP contribution in [0.5, 0.6) is 5.75 Å². The highest BCUT2D eigenvalue weighted by atomic mass is 79.9. The van der Waals surface area contributed by atoms with Gasteiger partial charge in [-0.25, -0.2) is 4.98 Å². The second kappa shape index (κ2) is 9.03. The van der Waals surface area contributed by atoms with Gasteiger partial charge in [-0.15, -0.1) is 11.3 Å². The average Bonchev–Trinajstić information content (AvgIpc) is 3.17. The molecule has 0 atom stereocenters. The van der Waals surface area contributed by atoms with Gasteiger partial charge in [-0.2, -0.15) is 0 Å². The van der Waals surface area contributed by atoms with E-state index in [9.17, 15) is 9.59 Å². The lowest BCUT2D eigenvalue weighted by Crippen LogP contribution is -2.27. The van der Waals surface area contributed by atoms with Gasteiger partial charge in [-0.05, 0) is 55.8 Å². The van der Waals surface area contributed by atoms with Crippen molar-refractivity contribution in [3.05, 3.63) is 75.1 Å². The molecule has 6 nitrogen and oxygen atoms in total. The summed E-state index contributed by atoms with van der Waals surface area (Å²) in [5.41, 5.74) is 2.15. The van der Waals surface area contributed by atoms with E-state index in [0.29, 0.717) is 15.9 Å². The van der Waals surface area contributed by atoms with Crippen LogP contribution in [0.2, 0.25) is 0 Å². The Morgan fingerprint density at radius 1 is 1.16 bits per heavy atom. The topological polar surface area (TPSA) is 73.2 Å². The summed E-state index contributed by atoms with van der Waals surface area (Å²) in [4.78, 5) is 30.7. The molecule has 0 saturated carbocycles. The Balaban J connectivity index is 1.55. The molecule has 0 aliphatic rings. The van der Waals surface area contributed by atoms with Gasteiger partial charge >= 0.3 is 0 Å². The molecule has 2 aromatic carbocycles. The zero-order chi connectivity index (χ0) is 22.0. The first-order valence-corrected chi connectivity index (χ1v) is 11.4. The van der Waals surface area contributed by atoms with E-state index in [1.807, 2.05) is 43.5 Å². The molecular formula is C23H20BrN3O3S. The summed E-state index contributed by atoms with van der Waals surface area (Å²) < 4.78 is 7.91. The molecule has 0 aliphatic carbocycles. The number of nitrogens with one attached hydrogen (secondary N) is 1. The number of carbonyl (C=O) groups excluding carboxylic acids is 1. The SMILES string of the molecule is CC(C)Oc1ccc(NC(=O)Cn2cnc3scc(-c4ccc(Br)cc4)c3c2=O)cc1. The number of amides is 1. The van der Waals surface area contributed by atoms with Crippen LogP contribution in [0.15, 0.2) is 69.5 Å². The Morgan fingerprint density at radius 2 is 1.87 bits per heavy atom. The summed E-state index contributed by atoms with van der Waals surface area (Å²) in [7, 11) is 0. The van der Waals surface area contributed by atoms with E-state index in [0.717, 1.165) is 21.3 Å². The lowest BCUT2D eigenvalue weighted by atomic mass is 10.1. The second-order valence-corrected chi connectivity index (χ2v) is 9.03. The minimum Gasteiger partial charge on any atom is -0.491 e. The monoisotopic (exact) mass is 497 g/mol. The first-order chi connectivity index (χ1) is 14.9. The maximum absolute atomic E-state index is 13.1. The van der Waals surface area contributed by atoms with Crippen molar-refractivity contribution in [3.63, 3.8) is 0 Å². The molecule has 158 valence electrons. The zero-order valence-electron chi connectivity index (χ0n) is 17.0. The van der Waals surface area contributed by atoms with Crippen LogP contribution in [0.4, 0.5) is 5.69 Å². The van der Waals surface area contributed by atoms with Gasteiger partial charge in [0.1, 0.15) is 17.1 Å². The maximum atomic E-state index is 13.1. The van der Waals surface area contributed by atoms with E-state index >= 15 is 0 Å². The third-order valence-electron chi connectivity index (χ3n) is 4.54. The number of thiophene rings is 1. The minimum atomic E-state index is -0.304. The molecule has 0 spiro atoms. The number of nitrogens with zero attached hydrogens (tertiary/aromatic N) is 2. The van der Waals surface area contributed by atoms with Crippen LogP contribution in [-0.2, 0) is 11.3 Å². The minimum absolute atomic E-state index is 0.0779. The van der Waals surface area contributed by atoms with Crippen LogP contribution in [0.25, 0.3) is 21.3 Å². The first-order valence-electron chi connectivity index (χ1n) is 9.70. The Labute approximate surface area is 191 Å². The van der Waals surface area contributed by atoms with Crippen molar-refractivity contribution in [2.24, 2.45) is 0 Å². The largest absolute Gasteiger partial charge is 0.491 e. The summed E-state index contributed by atoms with van der Waals surface area (Å²) >= 11 is 4.84. The molecular weight excluding hydrogens is 478 g/mol. The van der Waals surface area contributed by atoms with Gasteiger partial charge in [0.2, 0.25) is 5.91 Å². The molecule has 1 amide bonds. The van der Waals surface area contributed by atoms with Gasteiger partial charge in [0, 0.05) is 21.1 Å². The van der Waals surface area contributed by atoms with Crippen LogP contribution in [-0.4, -0.2) is 21.6 Å². The van der Waals surface area contributed by atoms with Crippen LogP contribution in [0.1, 0.15) is 13.8 Å². The van der Waals surface area contributed by atoms with E-state index in [1.165, 1.54) is 22.2 Å². The molecule has 0 fully saturated rings. The second-order valence-electron chi connectivity index (χ2n) is 7.25. The van der Waals surface area contributed by atoms with E-state index in [1.54, 1.807) is 24.3 Å². The van der Waals surface area contributed by atoms with E-state index in [4.69, 9.17) is 4.74 Å². The molecule has 0 saturated heterocycles. The van der Waals surface area contributed by atoms with Crippen molar-refractivity contribution < 1.29 is 9.53 Å². The van der Waals surface area contributed by atoms with Crippen LogP contribution < -0.4 is 15.6 Å². The van der Waals surface area contributed by atoms with Crippen LogP contribution in [0.3, 0.4) is 0 Å². The number of fused-ring (bicyclic) bond motifs is 1. The molecule has 2 heterocycles. The lowest BCUT2D eigenvalue weighted by molar-refractivity contribution is -0.116. The van der Waals surface area contributed by atoms with Gasteiger partial charge in [-0.1, -0.05) is 28.1 Å².